The summed E-state index contributed by atoms with van der Waals surface area (Å²) < 4.78 is 7.09. The number of ketones is 1. The number of Topliss-reactive ketones (excluding diaryl/α,β-unsaturated/α-hetero) is 1. The summed E-state index contributed by atoms with van der Waals surface area (Å²) in [5.74, 6) is 0.796. The van der Waals surface area contributed by atoms with Crippen molar-refractivity contribution in [2.45, 2.75) is 11.7 Å². The number of methoxy groups -OCH3 is 1. The van der Waals surface area contributed by atoms with Crippen LogP contribution in [-0.4, -0.2) is 34.1 Å². The molecule has 0 aliphatic heterocycles. The molecule has 2 aromatic carbocycles. The summed E-state index contributed by atoms with van der Waals surface area (Å²) >= 11 is 2.98. The third-order valence-electron chi connectivity index (χ3n) is 4.74. The standard InChI is InChI=1S/C24H21N3O3S2/c1-30-20-5-2-4-18(14-20)22(28)16-32-24-25-11-12-27(24)19-9-7-17(8-10-19)23(29)26-15-21-6-3-13-31-21/h2-14H,15-16H2,1H3,(H,26,29). The number of thioether (sulfide) groups is 1. The number of nitrogens with one attached hydrogen (secondary N) is 1. The van der Waals surface area contributed by atoms with Crippen LogP contribution in [0.4, 0.5) is 0 Å². The molecule has 0 saturated heterocycles. The van der Waals surface area contributed by atoms with Crippen LogP contribution in [0.2, 0.25) is 0 Å². The van der Waals surface area contributed by atoms with Crippen molar-refractivity contribution in [3.63, 3.8) is 0 Å². The van der Waals surface area contributed by atoms with Gasteiger partial charge < -0.3 is 10.1 Å². The maximum absolute atomic E-state index is 12.6. The Bertz CT molecular complexity index is 1200. The highest BCUT2D eigenvalue weighted by Gasteiger charge is 2.12. The number of hydrogen-bond acceptors (Lipinski definition) is 6. The second-order valence-corrected chi connectivity index (χ2v) is 8.81. The maximum atomic E-state index is 12.6. The fourth-order valence-electron chi connectivity index (χ4n) is 3.06. The monoisotopic (exact) mass is 463 g/mol. The smallest absolute Gasteiger partial charge is 0.251 e. The van der Waals surface area contributed by atoms with E-state index in [1.54, 1.807) is 55.0 Å². The SMILES string of the molecule is COc1cccc(C(=O)CSc2nccn2-c2ccc(C(=O)NCc3cccs3)cc2)c1. The lowest BCUT2D eigenvalue weighted by Gasteiger charge is -2.09. The molecular formula is C24H21N3O3S2. The van der Waals surface area contributed by atoms with Crippen LogP contribution in [0.1, 0.15) is 25.6 Å². The van der Waals surface area contributed by atoms with Gasteiger partial charge in [0.2, 0.25) is 0 Å². The second-order valence-electron chi connectivity index (χ2n) is 6.83. The molecule has 0 aliphatic rings. The molecule has 162 valence electrons. The van der Waals surface area contributed by atoms with Crippen LogP contribution < -0.4 is 10.1 Å². The second kappa shape index (κ2) is 10.3. The Balaban J connectivity index is 1.39. The predicted octanol–water partition coefficient (Wildman–Crippen LogP) is 4.85. The third-order valence-corrected chi connectivity index (χ3v) is 6.59. The molecule has 0 bridgehead atoms. The van der Waals surface area contributed by atoms with E-state index in [2.05, 4.69) is 10.3 Å². The van der Waals surface area contributed by atoms with Gasteiger partial charge in [0.05, 0.1) is 19.4 Å². The van der Waals surface area contributed by atoms with Gasteiger partial charge in [-0.2, -0.15) is 0 Å². The van der Waals surface area contributed by atoms with Crippen molar-refractivity contribution in [3.8, 4) is 11.4 Å². The number of ether oxygens (including phenoxy) is 1. The van der Waals surface area contributed by atoms with Crippen molar-refractivity contribution in [2.75, 3.05) is 12.9 Å². The normalized spacial score (nSPS) is 10.7. The fraction of sp³-hybridized carbons (Fsp3) is 0.125. The average molecular weight is 464 g/mol. The minimum atomic E-state index is -0.117. The van der Waals surface area contributed by atoms with Gasteiger partial charge in [-0.1, -0.05) is 30.0 Å². The first-order valence-corrected chi connectivity index (χ1v) is 11.7. The molecule has 4 aromatic rings. The van der Waals surface area contributed by atoms with Crippen LogP contribution in [-0.2, 0) is 6.54 Å². The zero-order valence-electron chi connectivity index (χ0n) is 17.4. The van der Waals surface area contributed by atoms with E-state index in [4.69, 9.17) is 4.74 Å². The molecule has 0 atom stereocenters. The summed E-state index contributed by atoms with van der Waals surface area (Å²) in [7, 11) is 1.58. The Morgan fingerprint density at radius 2 is 1.94 bits per heavy atom. The highest BCUT2D eigenvalue weighted by atomic mass is 32.2. The van der Waals surface area contributed by atoms with E-state index in [0.29, 0.717) is 28.6 Å². The molecule has 0 unspecified atom stereocenters. The van der Waals surface area contributed by atoms with Crippen LogP contribution in [0.15, 0.2) is 83.6 Å². The highest BCUT2D eigenvalue weighted by molar-refractivity contribution is 7.99. The average Bonchev–Trinajstić information content (AvgIpc) is 3.53. The Kier molecular flexibility index (Phi) is 7.03. The quantitative estimate of drug-likeness (QED) is 0.284. The molecule has 0 radical (unpaired) electrons. The summed E-state index contributed by atoms with van der Waals surface area (Å²) in [6, 6.07) is 18.4. The zero-order chi connectivity index (χ0) is 22.3. The summed E-state index contributed by atoms with van der Waals surface area (Å²) in [5, 5.41) is 5.62. The largest absolute Gasteiger partial charge is 0.497 e. The van der Waals surface area contributed by atoms with Crippen molar-refractivity contribution >= 4 is 34.8 Å². The summed E-state index contributed by atoms with van der Waals surface area (Å²) in [4.78, 5) is 30.4. The molecule has 2 heterocycles. The van der Waals surface area contributed by atoms with Gasteiger partial charge in [-0.3, -0.25) is 14.2 Å². The van der Waals surface area contributed by atoms with E-state index >= 15 is 0 Å². The number of benzene rings is 2. The van der Waals surface area contributed by atoms with Gasteiger partial charge in [-0.05, 0) is 47.8 Å². The lowest BCUT2D eigenvalue weighted by molar-refractivity contribution is 0.0950. The highest BCUT2D eigenvalue weighted by Crippen LogP contribution is 2.23. The number of amides is 1. The minimum absolute atomic E-state index is 0.00112. The molecular weight excluding hydrogens is 442 g/mol. The summed E-state index contributed by atoms with van der Waals surface area (Å²) in [6.45, 7) is 0.516. The van der Waals surface area contributed by atoms with E-state index < -0.39 is 0 Å². The van der Waals surface area contributed by atoms with Crippen LogP contribution in [0.25, 0.3) is 5.69 Å². The van der Waals surface area contributed by atoms with Crippen LogP contribution >= 0.6 is 23.1 Å². The molecule has 0 aliphatic carbocycles. The van der Waals surface area contributed by atoms with Gasteiger partial charge in [0, 0.05) is 34.1 Å². The predicted molar refractivity (Wildman–Crippen MR) is 127 cm³/mol. The summed E-state index contributed by atoms with van der Waals surface area (Å²) in [5.41, 5.74) is 2.06. The van der Waals surface area contributed by atoms with E-state index in [1.807, 2.05) is 46.5 Å². The van der Waals surface area contributed by atoms with E-state index in [9.17, 15) is 9.59 Å². The fourth-order valence-corrected chi connectivity index (χ4v) is 4.57. The van der Waals surface area contributed by atoms with Gasteiger partial charge in [-0.15, -0.1) is 11.3 Å². The third kappa shape index (κ3) is 5.27. The molecule has 0 fully saturated rings. The van der Waals surface area contributed by atoms with Gasteiger partial charge >= 0.3 is 0 Å². The Hall–Kier alpha value is -3.36. The number of aromatic nitrogens is 2. The molecule has 32 heavy (non-hydrogen) atoms. The van der Waals surface area contributed by atoms with Crippen molar-refractivity contribution < 1.29 is 14.3 Å². The number of nitrogens with zero attached hydrogens (tertiary/aromatic N) is 2. The molecule has 6 nitrogen and oxygen atoms in total. The van der Waals surface area contributed by atoms with Crippen LogP contribution in [0, 0.1) is 0 Å². The molecule has 8 heteroatoms. The lowest BCUT2D eigenvalue weighted by Crippen LogP contribution is -2.22. The summed E-state index contributed by atoms with van der Waals surface area (Å²) in [6.07, 6.45) is 3.53. The van der Waals surface area contributed by atoms with E-state index in [-0.39, 0.29) is 17.4 Å². The Morgan fingerprint density at radius 3 is 2.69 bits per heavy atom. The van der Waals surface area contributed by atoms with Gasteiger partial charge in [-0.25, -0.2) is 4.98 Å². The zero-order valence-corrected chi connectivity index (χ0v) is 19.0. The van der Waals surface area contributed by atoms with E-state index in [0.717, 1.165) is 10.6 Å². The molecule has 0 spiro atoms. The van der Waals surface area contributed by atoms with E-state index in [1.165, 1.54) is 11.8 Å². The Labute approximate surface area is 194 Å². The first kappa shape index (κ1) is 21.9. The first-order valence-electron chi connectivity index (χ1n) is 9.88. The van der Waals surface area contributed by atoms with Crippen molar-refractivity contribution in [1.29, 1.82) is 0 Å². The van der Waals surface area contributed by atoms with Gasteiger partial charge in [0.15, 0.2) is 10.9 Å². The molecule has 1 amide bonds. The van der Waals surface area contributed by atoms with Gasteiger partial charge in [0.25, 0.3) is 5.91 Å². The first-order chi connectivity index (χ1) is 15.6. The van der Waals surface area contributed by atoms with Crippen LogP contribution in [0.3, 0.4) is 0 Å². The number of rotatable bonds is 9. The molecule has 2 aromatic heterocycles. The van der Waals surface area contributed by atoms with Crippen molar-refractivity contribution in [1.82, 2.24) is 14.9 Å². The van der Waals surface area contributed by atoms with Crippen molar-refractivity contribution in [3.05, 3.63) is 94.4 Å². The topological polar surface area (TPSA) is 73.2 Å². The van der Waals surface area contributed by atoms with Crippen molar-refractivity contribution in [2.24, 2.45) is 0 Å². The molecule has 1 N–H and O–H groups in total. The number of carbonyl (C=O) groups excluding carboxylic acids is 2. The van der Waals surface area contributed by atoms with Gasteiger partial charge in [0.1, 0.15) is 5.75 Å². The maximum Gasteiger partial charge on any atom is 0.251 e. The minimum Gasteiger partial charge on any atom is -0.497 e. The lowest BCUT2D eigenvalue weighted by atomic mass is 10.1. The number of thiophene rings is 1. The molecule has 4 rings (SSSR count). The van der Waals surface area contributed by atoms with Crippen LogP contribution in [0.5, 0.6) is 5.75 Å². The Morgan fingerprint density at radius 1 is 1.09 bits per heavy atom. The number of hydrogen-bond donors (Lipinski definition) is 1. The molecule has 0 saturated carbocycles. The number of carbonyl (C=O) groups is 2. The number of imidazole rings is 1.